The maximum absolute atomic E-state index is 12.5. The van der Waals surface area contributed by atoms with E-state index in [4.69, 9.17) is 38.7 Å². The molecule has 5 aromatic rings. The summed E-state index contributed by atoms with van der Waals surface area (Å²) in [6, 6.07) is 18.7. The van der Waals surface area contributed by atoms with Gasteiger partial charge in [-0.25, -0.2) is 14.5 Å². The maximum Gasteiger partial charge on any atom is 0.271 e. The molecule has 13 heteroatoms. The van der Waals surface area contributed by atoms with Gasteiger partial charge in [-0.05, 0) is 38.6 Å². The van der Waals surface area contributed by atoms with Gasteiger partial charge in [0.1, 0.15) is 5.69 Å². The van der Waals surface area contributed by atoms with E-state index in [0.29, 0.717) is 58.0 Å². The van der Waals surface area contributed by atoms with Crippen LogP contribution in [0.5, 0.6) is 5.88 Å². The molecule has 6 rings (SSSR count). The van der Waals surface area contributed by atoms with Crippen LogP contribution in [-0.2, 0) is 11.3 Å². The van der Waals surface area contributed by atoms with Gasteiger partial charge >= 0.3 is 0 Å². The summed E-state index contributed by atoms with van der Waals surface area (Å²) in [5, 5.41) is 11.4. The zero-order valence-electron chi connectivity index (χ0n) is 26.1. The molecule has 1 fully saturated rings. The van der Waals surface area contributed by atoms with Crippen LogP contribution in [0.3, 0.4) is 0 Å². The van der Waals surface area contributed by atoms with Crippen molar-refractivity contribution in [3.63, 3.8) is 0 Å². The second-order valence-electron chi connectivity index (χ2n) is 11.6. The Morgan fingerprint density at radius 2 is 1.70 bits per heavy atom. The van der Waals surface area contributed by atoms with Crippen LogP contribution in [0, 0.1) is 0 Å². The quantitative estimate of drug-likeness (QED) is 0.184. The Morgan fingerprint density at radius 3 is 2.34 bits per heavy atom. The lowest BCUT2D eigenvalue weighted by atomic mass is 9.98. The summed E-state index contributed by atoms with van der Waals surface area (Å²) < 4.78 is 7.22. The molecule has 1 aliphatic heterocycles. The molecule has 47 heavy (non-hydrogen) atoms. The van der Waals surface area contributed by atoms with Gasteiger partial charge in [0.2, 0.25) is 11.8 Å². The number of amides is 2. The lowest BCUT2D eigenvalue weighted by Gasteiger charge is -2.24. The minimum atomic E-state index is -0.322. The minimum absolute atomic E-state index is 0.0231. The average Bonchev–Trinajstić information content (AvgIpc) is 3.70. The van der Waals surface area contributed by atoms with Crippen LogP contribution in [0.25, 0.3) is 39.3 Å². The number of hydrogen-bond acceptors (Lipinski definition) is 8. The Labute approximate surface area is 282 Å². The van der Waals surface area contributed by atoms with Gasteiger partial charge in [-0.3, -0.25) is 14.5 Å². The number of carbonyl (C=O) groups is 2. The normalized spacial score (nSPS) is 15.2. The fraction of sp³-hybridized carbons (Fsp3) is 0.265. The molecule has 0 unspecified atom stereocenters. The van der Waals surface area contributed by atoms with Crippen molar-refractivity contribution in [2.24, 2.45) is 5.73 Å². The molecule has 1 saturated heterocycles. The van der Waals surface area contributed by atoms with Crippen LogP contribution in [0.1, 0.15) is 35.8 Å². The van der Waals surface area contributed by atoms with Crippen LogP contribution in [-0.4, -0.2) is 69.2 Å². The first-order chi connectivity index (χ1) is 22.6. The first-order valence-electron chi connectivity index (χ1n) is 15.1. The van der Waals surface area contributed by atoms with E-state index in [1.807, 2.05) is 68.6 Å². The van der Waals surface area contributed by atoms with Crippen molar-refractivity contribution in [3.05, 3.63) is 88.2 Å². The van der Waals surface area contributed by atoms with E-state index in [9.17, 15) is 9.59 Å². The van der Waals surface area contributed by atoms with Gasteiger partial charge in [0, 0.05) is 53.4 Å². The van der Waals surface area contributed by atoms with Gasteiger partial charge in [0.05, 0.1) is 40.9 Å². The Bertz CT molecular complexity index is 1980. The number of nitrogens with one attached hydrogen (secondary N) is 2. The highest BCUT2D eigenvalue weighted by Crippen LogP contribution is 2.42. The van der Waals surface area contributed by atoms with E-state index in [2.05, 4.69) is 25.6 Å². The predicted octanol–water partition coefficient (Wildman–Crippen LogP) is 5.19. The van der Waals surface area contributed by atoms with Gasteiger partial charge in [-0.1, -0.05) is 65.7 Å². The van der Waals surface area contributed by atoms with Crippen LogP contribution < -0.4 is 21.1 Å². The molecule has 1 aliphatic rings. The molecule has 2 atom stereocenters. The van der Waals surface area contributed by atoms with Gasteiger partial charge in [0.25, 0.3) is 5.91 Å². The minimum Gasteiger partial charge on any atom is -0.481 e. The summed E-state index contributed by atoms with van der Waals surface area (Å²) in [6.07, 6.45) is 2.84. The summed E-state index contributed by atoms with van der Waals surface area (Å²) in [7, 11) is 3.55. The number of aromatic nitrogens is 4. The molecule has 0 bridgehead atoms. The fourth-order valence-electron chi connectivity index (χ4n) is 5.58. The molecule has 0 radical (unpaired) electrons. The largest absolute Gasteiger partial charge is 0.481 e. The number of fused-ring (bicyclic) bond motifs is 1. The predicted molar refractivity (Wildman–Crippen MR) is 182 cm³/mol. The molecule has 0 spiro atoms. The molecule has 4 N–H and O–H groups in total. The zero-order chi connectivity index (χ0) is 33.2. The number of pyridine rings is 1. The molecule has 0 aliphatic carbocycles. The molecule has 2 aromatic carbocycles. The van der Waals surface area contributed by atoms with Crippen molar-refractivity contribution in [1.82, 2.24) is 35.1 Å². The number of nitrogens with two attached hydrogens (primary N) is 1. The highest BCUT2D eigenvalue weighted by Gasteiger charge is 2.25. The van der Waals surface area contributed by atoms with Crippen molar-refractivity contribution in [2.45, 2.75) is 38.5 Å². The van der Waals surface area contributed by atoms with Gasteiger partial charge < -0.3 is 21.1 Å². The second-order valence-corrected chi connectivity index (χ2v) is 12.3. The molecular formula is C34H34Cl2N8O3. The molecule has 0 saturated carbocycles. The highest BCUT2D eigenvalue weighted by atomic mass is 35.5. The first kappa shape index (κ1) is 32.4. The number of nitrogens with zero attached hydrogens (tertiary/aromatic N) is 5. The maximum atomic E-state index is 12.5. The third-order valence-corrected chi connectivity index (χ3v) is 8.85. The van der Waals surface area contributed by atoms with Gasteiger partial charge in [-0.2, -0.15) is 5.10 Å². The monoisotopic (exact) mass is 672 g/mol. The molecule has 4 heterocycles. The number of hydrogen-bond donors (Lipinski definition) is 3. The fourth-order valence-corrected chi connectivity index (χ4v) is 6.23. The van der Waals surface area contributed by atoms with Gasteiger partial charge in [0.15, 0.2) is 5.65 Å². The summed E-state index contributed by atoms with van der Waals surface area (Å²) in [6.45, 7) is 2.71. The molecular weight excluding hydrogens is 639 g/mol. The number of rotatable bonds is 10. The topological polar surface area (TPSA) is 140 Å². The summed E-state index contributed by atoms with van der Waals surface area (Å²) >= 11 is 14.1. The van der Waals surface area contributed by atoms with Crippen molar-refractivity contribution < 1.29 is 14.3 Å². The van der Waals surface area contributed by atoms with Gasteiger partial charge in [-0.15, -0.1) is 0 Å². The van der Waals surface area contributed by atoms with Crippen molar-refractivity contribution in [1.29, 1.82) is 0 Å². The first-order valence-corrected chi connectivity index (χ1v) is 15.9. The molecule has 11 nitrogen and oxygen atoms in total. The Balaban J connectivity index is 1.29. The van der Waals surface area contributed by atoms with E-state index in [0.717, 1.165) is 28.7 Å². The third kappa shape index (κ3) is 6.79. The third-order valence-electron chi connectivity index (χ3n) is 8.03. The van der Waals surface area contributed by atoms with Crippen LogP contribution >= 0.6 is 23.2 Å². The Hall–Kier alpha value is -4.55. The average molecular weight is 674 g/mol. The molecule has 242 valence electrons. The number of imidazole rings is 1. The Kier molecular flexibility index (Phi) is 9.42. The SMILES string of the molecule is COc1nc(-c2cccc(-c3cccc(-c4ccc5nc(C(=O)NC[C@H](C)N)cn5n4)c3Cl)c2Cl)ccc1CN(C)[C@H]1CCC(=O)N1. The number of halogens is 2. The summed E-state index contributed by atoms with van der Waals surface area (Å²) in [4.78, 5) is 35.5. The summed E-state index contributed by atoms with van der Waals surface area (Å²) in [5.74, 6) is 0.222. The van der Waals surface area contributed by atoms with Crippen molar-refractivity contribution in [3.8, 4) is 39.5 Å². The molecule has 2 amide bonds. The number of carbonyl (C=O) groups excluding carboxylic acids is 2. The number of benzene rings is 2. The van der Waals surface area contributed by atoms with E-state index < -0.39 is 0 Å². The standard InChI is InChI=1S/C34H34Cl2N8O3/c1-19(37)16-38-33(46)27-18-44-29(39-27)13-12-26(42-44)24-9-5-7-22(32(24)36)21-6-4-8-23(31(21)35)25-11-10-20(34(40-25)47-3)17-43(2)28-14-15-30(45)41-28/h4-13,18-19,28H,14-17,37H2,1-3H3,(H,38,46)(H,41,45)/t19-,28-/m0/s1. The van der Waals surface area contributed by atoms with Crippen molar-refractivity contribution >= 4 is 40.7 Å². The zero-order valence-corrected chi connectivity index (χ0v) is 27.6. The van der Waals surface area contributed by atoms with Crippen LogP contribution in [0.15, 0.2) is 66.9 Å². The second kappa shape index (κ2) is 13.7. The highest BCUT2D eigenvalue weighted by molar-refractivity contribution is 6.39. The number of ether oxygens (including phenoxy) is 1. The Morgan fingerprint density at radius 1 is 1.04 bits per heavy atom. The number of methoxy groups -OCH3 is 1. The van der Waals surface area contributed by atoms with Crippen LogP contribution in [0.4, 0.5) is 0 Å². The van der Waals surface area contributed by atoms with E-state index in [1.54, 1.807) is 23.9 Å². The summed E-state index contributed by atoms with van der Waals surface area (Å²) in [5.41, 5.74) is 11.5. The van der Waals surface area contributed by atoms with E-state index in [1.165, 1.54) is 0 Å². The van der Waals surface area contributed by atoms with Crippen LogP contribution in [0.2, 0.25) is 10.0 Å². The van der Waals surface area contributed by atoms with Crippen molar-refractivity contribution in [2.75, 3.05) is 20.7 Å². The van der Waals surface area contributed by atoms with E-state index in [-0.39, 0.29) is 29.7 Å². The lowest BCUT2D eigenvalue weighted by Crippen LogP contribution is -2.40. The lowest BCUT2D eigenvalue weighted by molar-refractivity contribution is -0.119. The van der Waals surface area contributed by atoms with E-state index >= 15 is 0 Å². The molecule has 3 aromatic heterocycles. The smallest absolute Gasteiger partial charge is 0.271 e.